The lowest BCUT2D eigenvalue weighted by molar-refractivity contribution is -0.384. The summed E-state index contributed by atoms with van der Waals surface area (Å²) in [6.07, 6.45) is 2.04. The van der Waals surface area contributed by atoms with Gasteiger partial charge in [-0.1, -0.05) is 36.7 Å². The average Bonchev–Trinajstić information content (AvgIpc) is 2.63. The van der Waals surface area contributed by atoms with Crippen molar-refractivity contribution in [3.63, 3.8) is 0 Å². The second-order valence-electron chi connectivity index (χ2n) is 5.17. The van der Waals surface area contributed by atoms with Crippen molar-refractivity contribution in [2.45, 2.75) is 13.3 Å². The van der Waals surface area contributed by atoms with Crippen molar-refractivity contribution in [1.82, 2.24) is 5.43 Å². The predicted octanol–water partition coefficient (Wildman–Crippen LogP) is 2.90. The highest BCUT2D eigenvalue weighted by Gasteiger charge is 2.14. The minimum atomic E-state index is -0.968. The number of hydrazone groups is 1. The maximum absolute atomic E-state index is 11.8. The van der Waals surface area contributed by atoms with E-state index in [-0.39, 0.29) is 10.7 Å². The zero-order chi connectivity index (χ0) is 19.1. The molecule has 0 bridgehead atoms. The minimum Gasteiger partial charge on any atom is -0.318 e. The van der Waals surface area contributed by atoms with Crippen LogP contribution in [0.15, 0.2) is 47.6 Å². The van der Waals surface area contributed by atoms with Gasteiger partial charge in [-0.3, -0.25) is 19.7 Å². The number of nitrogens with zero attached hydrogens (tertiary/aromatic N) is 2. The fourth-order valence-electron chi connectivity index (χ4n) is 1.98. The summed E-state index contributed by atoms with van der Waals surface area (Å²) >= 11 is 5.70. The molecule has 0 fully saturated rings. The molecule has 0 aliphatic carbocycles. The molecule has 0 heterocycles. The number of benzene rings is 2. The first kappa shape index (κ1) is 19.1. The molecular weight excluding hydrogens is 360 g/mol. The van der Waals surface area contributed by atoms with Crippen LogP contribution >= 0.6 is 11.6 Å². The van der Waals surface area contributed by atoms with E-state index in [0.29, 0.717) is 11.3 Å². The van der Waals surface area contributed by atoms with Crippen LogP contribution in [0, 0.1) is 10.1 Å². The molecule has 0 spiro atoms. The molecular formula is C17H15ClN4O4. The number of hydrogen-bond acceptors (Lipinski definition) is 5. The Morgan fingerprint density at radius 2 is 1.88 bits per heavy atom. The number of halogens is 1. The first-order valence-electron chi connectivity index (χ1n) is 7.58. The normalized spacial score (nSPS) is 10.5. The van der Waals surface area contributed by atoms with E-state index in [0.717, 1.165) is 12.0 Å². The van der Waals surface area contributed by atoms with Crippen LogP contribution in [0.25, 0.3) is 0 Å². The van der Waals surface area contributed by atoms with Crippen LogP contribution in [-0.4, -0.2) is 23.0 Å². The van der Waals surface area contributed by atoms with Gasteiger partial charge < -0.3 is 5.32 Å². The van der Waals surface area contributed by atoms with Crippen molar-refractivity contribution in [2.75, 3.05) is 5.32 Å². The zero-order valence-corrected chi connectivity index (χ0v) is 14.5. The van der Waals surface area contributed by atoms with Crippen LogP contribution in [0.3, 0.4) is 0 Å². The summed E-state index contributed by atoms with van der Waals surface area (Å²) in [4.78, 5) is 33.7. The largest absolute Gasteiger partial charge is 0.329 e. The van der Waals surface area contributed by atoms with Gasteiger partial charge in [0.1, 0.15) is 5.02 Å². The third-order valence-electron chi connectivity index (χ3n) is 3.37. The molecule has 2 N–H and O–H groups in total. The van der Waals surface area contributed by atoms with E-state index in [1.54, 1.807) is 12.1 Å². The van der Waals surface area contributed by atoms with Crippen molar-refractivity contribution in [3.05, 3.63) is 68.7 Å². The Balaban J connectivity index is 1.94. The number of aryl methyl sites for hydroxylation is 1. The Labute approximate surface area is 154 Å². The average molecular weight is 375 g/mol. The van der Waals surface area contributed by atoms with Gasteiger partial charge >= 0.3 is 11.8 Å². The molecule has 0 saturated carbocycles. The number of nitro groups is 1. The second-order valence-corrected chi connectivity index (χ2v) is 5.58. The van der Waals surface area contributed by atoms with Gasteiger partial charge in [-0.05, 0) is 30.2 Å². The van der Waals surface area contributed by atoms with Gasteiger partial charge in [0.25, 0.3) is 5.69 Å². The molecule has 0 aliphatic heterocycles. The van der Waals surface area contributed by atoms with E-state index >= 15 is 0 Å². The lowest BCUT2D eigenvalue weighted by atomic mass is 10.1. The van der Waals surface area contributed by atoms with Crippen molar-refractivity contribution < 1.29 is 14.5 Å². The Kier molecular flexibility index (Phi) is 6.40. The molecule has 0 saturated heterocycles. The summed E-state index contributed by atoms with van der Waals surface area (Å²) < 4.78 is 0. The molecule has 9 heteroatoms. The van der Waals surface area contributed by atoms with Gasteiger partial charge in [0.2, 0.25) is 0 Å². The predicted molar refractivity (Wildman–Crippen MR) is 98.3 cm³/mol. The number of nitro benzene ring substituents is 1. The molecule has 0 aliphatic rings. The van der Waals surface area contributed by atoms with Crippen LogP contribution in [0.1, 0.15) is 18.1 Å². The summed E-state index contributed by atoms with van der Waals surface area (Å²) in [6, 6.07) is 11.1. The van der Waals surface area contributed by atoms with Gasteiger partial charge in [0.15, 0.2) is 0 Å². The first-order chi connectivity index (χ1) is 12.4. The Bertz CT molecular complexity index is 866. The number of carbonyl (C=O) groups is 2. The van der Waals surface area contributed by atoms with Gasteiger partial charge in [0.05, 0.1) is 11.1 Å². The van der Waals surface area contributed by atoms with E-state index in [9.17, 15) is 19.7 Å². The Morgan fingerprint density at radius 3 is 2.50 bits per heavy atom. The summed E-state index contributed by atoms with van der Waals surface area (Å²) in [5.41, 5.74) is 3.71. The van der Waals surface area contributed by atoms with Crippen LogP contribution < -0.4 is 10.7 Å². The number of hydrogen-bond donors (Lipinski definition) is 2. The maximum Gasteiger partial charge on any atom is 0.329 e. The zero-order valence-electron chi connectivity index (χ0n) is 13.7. The summed E-state index contributed by atoms with van der Waals surface area (Å²) in [5, 5.41) is 16.9. The smallest absolute Gasteiger partial charge is 0.318 e. The van der Waals surface area contributed by atoms with Gasteiger partial charge in [0, 0.05) is 17.3 Å². The molecule has 2 aromatic carbocycles. The second kappa shape index (κ2) is 8.72. The molecule has 0 aromatic heterocycles. The van der Waals surface area contributed by atoms with Gasteiger partial charge in [-0.15, -0.1) is 0 Å². The van der Waals surface area contributed by atoms with Gasteiger partial charge in [-0.2, -0.15) is 5.10 Å². The first-order valence-corrected chi connectivity index (χ1v) is 7.95. The Hall–Kier alpha value is -3.26. The number of amides is 2. The topological polar surface area (TPSA) is 114 Å². The number of anilines is 1. The molecule has 2 amide bonds. The van der Waals surface area contributed by atoms with Crippen LogP contribution in [-0.2, 0) is 16.0 Å². The fourth-order valence-corrected chi connectivity index (χ4v) is 2.16. The molecule has 2 aromatic rings. The summed E-state index contributed by atoms with van der Waals surface area (Å²) in [6.45, 7) is 2.01. The molecule has 8 nitrogen and oxygen atoms in total. The van der Waals surface area contributed by atoms with E-state index < -0.39 is 16.7 Å². The highest BCUT2D eigenvalue weighted by molar-refractivity contribution is 6.39. The SMILES string of the molecule is CCc1ccc(NC(=O)C(=O)N/N=C\c2ccc(Cl)c([N+](=O)[O-])c2)cc1. The number of nitrogens with one attached hydrogen (secondary N) is 2. The summed E-state index contributed by atoms with van der Waals surface area (Å²) in [5.74, 6) is -1.85. The molecule has 134 valence electrons. The highest BCUT2D eigenvalue weighted by Crippen LogP contribution is 2.24. The lowest BCUT2D eigenvalue weighted by Gasteiger charge is -2.04. The van der Waals surface area contributed by atoms with Crippen molar-refractivity contribution in [1.29, 1.82) is 0 Å². The van der Waals surface area contributed by atoms with E-state index in [2.05, 4.69) is 15.8 Å². The maximum atomic E-state index is 11.8. The van der Waals surface area contributed by atoms with Crippen molar-refractivity contribution in [2.24, 2.45) is 5.10 Å². The fraction of sp³-hybridized carbons (Fsp3) is 0.118. The number of carbonyl (C=O) groups excluding carboxylic acids is 2. The van der Waals surface area contributed by atoms with Crippen LogP contribution in [0.5, 0.6) is 0 Å². The minimum absolute atomic E-state index is 0.00958. The molecule has 0 unspecified atom stereocenters. The van der Waals surface area contributed by atoms with Crippen LogP contribution in [0.2, 0.25) is 5.02 Å². The quantitative estimate of drug-likeness (QED) is 0.362. The molecule has 0 radical (unpaired) electrons. The standard InChI is InChI=1S/C17H15ClN4O4/c1-2-11-3-6-13(7-4-11)20-16(23)17(24)21-19-10-12-5-8-14(18)15(9-12)22(25)26/h3-10H,2H2,1H3,(H,20,23)(H,21,24)/b19-10-. The van der Waals surface area contributed by atoms with Crippen LogP contribution in [0.4, 0.5) is 11.4 Å². The lowest BCUT2D eigenvalue weighted by Crippen LogP contribution is -2.32. The van der Waals surface area contributed by atoms with E-state index in [1.807, 2.05) is 19.1 Å². The summed E-state index contributed by atoms with van der Waals surface area (Å²) in [7, 11) is 0. The van der Waals surface area contributed by atoms with Crippen molar-refractivity contribution >= 4 is 41.0 Å². The van der Waals surface area contributed by atoms with Gasteiger partial charge in [-0.25, -0.2) is 5.43 Å². The monoisotopic (exact) mass is 374 g/mol. The van der Waals surface area contributed by atoms with Crippen molar-refractivity contribution in [3.8, 4) is 0 Å². The van der Waals surface area contributed by atoms with E-state index in [1.165, 1.54) is 24.4 Å². The third-order valence-corrected chi connectivity index (χ3v) is 3.69. The molecule has 26 heavy (non-hydrogen) atoms. The highest BCUT2D eigenvalue weighted by atomic mass is 35.5. The third kappa shape index (κ3) is 5.12. The Morgan fingerprint density at radius 1 is 1.19 bits per heavy atom. The van der Waals surface area contributed by atoms with E-state index in [4.69, 9.17) is 11.6 Å². The molecule has 0 atom stereocenters. The number of rotatable bonds is 5. The molecule has 2 rings (SSSR count).